The van der Waals surface area contributed by atoms with Crippen molar-refractivity contribution in [2.24, 2.45) is 5.73 Å². The minimum absolute atomic E-state index is 0. The first-order chi connectivity index (χ1) is 9.78. The summed E-state index contributed by atoms with van der Waals surface area (Å²) in [4.78, 5) is 2.32. The zero-order valence-electron chi connectivity index (χ0n) is 13.8. The van der Waals surface area contributed by atoms with Crippen molar-refractivity contribution in [2.45, 2.75) is 43.7 Å². The van der Waals surface area contributed by atoms with Crippen LogP contribution in [0.15, 0.2) is 29.2 Å². The lowest BCUT2D eigenvalue weighted by Gasteiger charge is -2.31. The molecule has 0 unspecified atom stereocenters. The first-order valence-electron chi connectivity index (χ1n) is 7.26. The monoisotopic (exact) mass is 349 g/mol. The highest BCUT2D eigenvalue weighted by molar-refractivity contribution is 7.89. The van der Waals surface area contributed by atoms with Crippen LogP contribution in [0.5, 0.6) is 0 Å². The number of rotatable bonds is 8. The van der Waals surface area contributed by atoms with E-state index in [0.717, 1.165) is 12.1 Å². The van der Waals surface area contributed by atoms with Gasteiger partial charge in [-0.1, -0.05) is 26.0 Å². The average Bonchev–Trinajstić information content (AvgIpc) is 2.45. The van der Waals surface area contributed by atoms with Gasteiger partial charge in [0, 0.05) is 18.6 Å². The topological polar surface area (TPSA) is 75.4 Å². The van der Waals surface area contributed by atoms with Crippen LogP contribution in [0.4, 0.5) is 0 Å². The van der Waals surface area contributed by atoms with Crippen LogP contribution in [0.1, 0.15) is 32.3 Å². The van der Waals surface area contributed by atoms with Crippen LogP contribution in [0.2, 0.25) is 0 Å². The molecule has 0 aliphatic carbocycles. The summed E-state index contributed by atoms with van der Waals surface area (Å²) in [5.74, 6) is 0. The Balaban J connectivity index is 0.00000441. The van der Waals surface area contributed by atoms with Crippen molar-refractivity contribution in [3.63, 3.8) is 0 Å². The number of halogens is 1. The van der Waals surface area contributed by atoms with Crippen LogP contribution < -0.4 is 10.5 Å². The summed E-state index contributed by atoms with van der Waals surface area (Å²) in [5.41, 5.74) is 6.27. The molecular formula is C15H28ClN3O2S. The fraction of sp³-hybridized carbons (Fsp3) is 0.600. The number of benzene rings is 1. The number of hydrogen-bond acceptors (Lipinski definition) is 4. The van der Waals surface area contributed by atoms with Crippen molar-refractivity contribution in [1.29, 1.82) is 0 Å². The molecule has 5 nitrogen and oxygen atoms in total. The van der Waals surface area contributed by atoms with Gasteiger partial charge in [0.1, 0.15) is 0 Å². The van der Waals surface area contributed by atoms with E-state index >= 15 is 0 Å². The fourth-order valence-corrected chi connectivity index (χ4v) is 3.76. The molecule has 3 N–H and O–H groups in total. The molecule has 0 saturated carbocycles. The van der Waals surface area contributed by atoms with Crippen LogP contribution in [0.3, 0.4) is 0 Å². The second kappa shape index (κ2) is 8.84. The first kappa shape index (κ1) is 21.3. The zero-order chi connectivity index (χ0) is 16.1. The van der Waals surface area contributed by atoms with Gasteiger partial charge in [-0.05, 0) is 44.6 Å². The van der Waals surface area contributed by atoms with Crippen molar-refractivity contribution in [2.75, 3.05) is 20.6 Å². The minimum atomic E-state index is -3.54. The van der Waals surface area contributed by atoms with Gasteiger partial charge in [-0.15, -0.1) is 12.4 Å². The van der Waals surface area contributed by atoms with E-state index in [1.807, 2.05) is 45.0 Å². The predicted molar refractivity (Wildman–Crippen MR) is 93.8 cm³/mol. The fourth-order valence-electron chi connectivity index (χ4n) is 2.21. The zero-order valence-corrected chi connectivity index (χ0v) is 15.4. The minimum Gasteiger partial charge on any atom is -0.329 e. The molecule has 0 bridgehead atoms. The molecule has 0 amide bonds. The highest BCUT2D eigenvalue weighted by atomic mass is 35.5. The average molecular weight is 350 g/mol. The van der Waals surface area contributed by atoms with Gasteiger partial charge in [0.25, 0.3) is 0 Å². The van der Waals surface area contributed by atoms with Gasteiger partial charge < -0.3 is 10.6 Å². The van der Waals surface area contributed by atoms with Crippen molar-refractivity contribution in [1.82, 2.24) is 9.62 Å². The Kier molecular flexibility index (Phi) is 8.57. The van der Waals surface area contributed by atoms with E-state index in [4.69, 9.17) is 5.73 Å². The van der Waals surface area contributed by atoms with Gasteiger partial charge in [-0.25, -0.2) is 13.1 Å². The third-order valence-corrected chi connectivity index (χ3v) is 5.42. The highest BCUT2D eigenvalue weighted by Crippen LogP contribution is 2.19. The van der Waals surface area contributed by atoms with Gasteiger partial charge in [-0.3, -0.25) is 0 Å². The summed E-state index contributed by atoms with van der Waals surface area (Å²) in [7, 11) is 0.410. The Hall–Kier alpha value is -0.660. The Bertz CT molecular complexity index is 532. The van der Waals surface area contributed by atoms with Crippen LogP contribution in [-0.2, 0) is 16.6 Å². The second-order valence-electron chi connectivity index (χ2n) is 5.68. The molecule has 1 rings (SSSR count). The van der Waals surface area contributed by atoms with Crippen molar-refractivity contribution < 1.29 is 8.42 Å². The van der Waals surface area contributed by atoms with Crippen LogP contribution in [0, 0.1) is 0 Å². The number of nitrogens with zero attached hydrogens (tertiary/aromatic N) is 1. The summed E-state index contributed by atoms with van der Waals surface area (Å²) < 4.78 is 27.7. The van der Waals surface area contributed by atoms with Gasteiger partial charge in [0.2, 0.25) is 10.0 Å². The van der Waals surface area contributed by atoms with E-state index in [1.165, 1.54) is 0 Å². The molecule has 22 heavy (non-hydrogen) atoms. The quantitative estimate of drug-likeness (QED) is 0.752. The molecule has 0 atom stereocenters. The maximum absolute atomic E-state index is 12.5. The van der Waals surface area contributed by atoms with Gasteiger partial charge in [0.05, 0.1) is 4.90 Å². The standard InChI is InChI=1S/C15H27N3O2S.ClH/c1-5-15(6-2,12-16)17-21(19,20)14-9-7-13(8-10-14)11-18(3)4;/h7-10,17H,5-6,11-12,16H2,1-4H3;1H. The van der Waals surface area contributed by atoms with E-state index in [0.29, 0.717) is 12.8 Å². The van der Waals surface area contributed by atoms with Crippen molar-refractivity contribution in [3.05, 3.63) is 29.8 Å². The summed E-state index contributed by atoms with van der Waals surface area (Å²) >= 11 is 0. The highest BCUT2D eigenvalue weighted by Gasteiger charge is 2.30. The van der Waals surface area contributed by atoms with Crippen LogP contribution in [0.25, 0.3) is 0 Å². The molecule has 128 valence electrons. The molecule has 0 aromatic heterocycles. The largest absolute Gasteiger partial charge is 0.329 e. The lowest BCUT2D eigenvalue weighted by atomic mass is 9.95. The van der Waals surface area contributed by atoms with Crippen LogP contribution >= 0.6 is 12.4 Å². The third-order valence-electron chi connectivity index (χ3n) is 3.83. The van der Waals surface area contributed by atoms with E-state index in [1.54, 1.807) is 12.1 Å². The molecule has 1 aromatic carbocycles. The SMILES string of the molecule is CCC(CC)(CN)NS(=O)(=O)c1ccc(CN(C)C)cc1.Cl. The van der Waals surface area contributed by atoms with Gasteiger partial charge >= 0.3 is 0 Å². The smallest absolute Gasteiger partial charge is 0.241 e. The number of nitrogens with two attached hydrogens (primary N) is 1. The molecule has 0 fully saturated rings. The first-order valence-corrected chi connectivity index (χ1v) is 8.74. The molecular weight excluding hydrogens is 322 g/mol. The Morgan fingerprint density at radius 1 is 1.14 bits per heavy atom. The molecule has 0 aliphatic heterocycles. The van der Waals surface area contributed by atoms with E-state index in [-0.39, 0.29) is 23.8 Å². The van der Waals surface area contributed by atoms with Crippen molar-refractivity contribution >= 4 is 22.4 Å². The third kappa shape index (κ3) is 5.52. The summed E-state index contributed by atoms with van der Waals surface area (Å²) in [6.45, 7) is 4.96. The van der Waals surface area contributed by atoms with E-state index in [2.05, 4.69) is 4.72 Å². The van der Waals surface area contributed by atoms with E-state index in [9.17, 15) is 8.42 Å². The lowest BCUT2D eigenvalue weighted by Crippen LogP contribution is -2.52. The lowest BCUT2D eigenvalue weighted by molar-refractivity contribution is 0.363. The Morgan fingerprint density at radius 2 is 1.64 bits per heavy atom. The van der Waals surface area contributed by atoms with Gasteiger partial charge in [0.15, 0.2) is 0 Å². The number of sulfonamides is 1. The molecule has 7 heteroatoms. The molecule has 0 radical (unpaired) electrons. The maximum atomic E-state index is 12.5. The van der Waals surface area contributed by atoms with E-state index < -0.39 is 15.6 Å². The normalized spacial score (nSPS) is 12.3. The maximum Gasteiger partial charge on any atom is 0.241 e. The molecule has 1 aromatic rings. The molecule has 0 spiro atoms. The van der Waals surface area contributed by atoms with Gasteiger partial charge in [-0.2, -0.15) is 0 Å². The summed E-state index contributed by atoms with van der Waals surface area (Å²) in [6, 6.07) is 6.98. The second-order valence-corrected chi connectivity index (χ2v) is 7.36. The van der Waals surface area contributed by atoms with Crippen LogP contribution in [-0.4, -0.2) is 39.5 Å². The number of hydrogen-bond donors (Lipinski definition) is 2. The van der Waals surface area contributed by atoms with Crippen molar-refractivity contribution in [3.8, 4) is 0 Å². The molecule has 0 saturated heterocycles. The Morgan fingerprint density at radius 3 is 2.00 bits per heavy atom. The summed E-state index contributed by atoms with van der Waals surface area (Å²) in [5, 5.41) is 0. The Labute approximate surface area is 140 Å². The summed E-state index contributed by atoms with van der Waals surface area (Å²) in [6.07, 6.45) is 1.33. The molecule has 0 aliphatic rings. The predicted octanol–water partition coefficient (Wildman–Crippen LogP) is 1.97. The number of nitrogens with one attached hydrogen (secondary N) is 1. The molecule has 0 heterocycles.